The number of hydrogen-bond acceptors (Lipinski definition) is 8. The van der Waals surface area contributed by atoms with Gasteiger partial charge < -0.3 is 31.3 Å². The normalized spacial score (nSPS) is 12.4. The van der Waals surface area contributed by atoms with Gasteiger partial charge in [-0.15, -0.1) is 23.5 Å². The quantitative estimate of drug-likeness (QED) is 0.0351. The molecule has 0 unspecified atom stereocenters. The predicted octanol–water partition coefficient (Wildman–Crippen LogP) is 7.57. The minimum absolute atomic E-state index is 0.0351. The molecule has 62 heavy (non-hydrogen) atoms. The van der Waals surface area contributed by atoms with Gasteiger partial charge in [0.2, 0.25) is 11.8 Å². The molecular weight excluding hydrogens is 811 g/mol. The van der Waals surface area contributed by atoms with Gasteiger partial charge in [0.05, 0.1) is 22.1 Å². The summed E-state index contributed by atoms with van der Waals surface area (Å²) in [6.07, 6.45) is -0.594. The van der Waals surface area contributed by atoms with Gasteiger partial charge >= 0.3 is 6.09 Å². The third-order valence-electron chi connectivity index (χ3n) is 10.6. The number of alkyl carbamates (subject to hydrolysis) is 1. The van der Waals surface area contributed by atoms with Crippen molar-refractivity contribution in [1.29, 1.82) is 0 Å². The summed E-state index contributed by atoms with van der Waals surface area (Å²) in [6, 6.07) is 60.3. The van der Waals surface area contributed by atoms with Crippen LogP contribution in [0.25, 0.3) is 0 Å². The fraction of sp³-hybridized carbons (Fsp3) is 0.235. The summed E-state index contributed by atoms with van der Waals surface area (Å²) >= 11 is 3.28. The highest BCUT2D eigenvalue weighted by Gasteiger charge is 2.41. The van der Waals surface area contributed by atoms with Crippen molar-refractivity contribution in [3.63, 3.8) is 0 Å². The second-order valence-electron chi connectivity index (χ2n) is 14.5. The molecule has 6 rings (SSSR count). The van der Waals surface area contributed by atoms with Crippen LogP contribution in [0, 0.1) is 0 Å². The van der Waals surface area contributed by atoms with Gasteiger partial charge in [-0.3, -0.25) is 9.59 Å². The molecule has 0 aliphatic rings. The fourth-order valence-corrected chi connectivity index (χ4v) is 10.7. The Morgan fingerprint density at radius 1 is 0.484 bits per heavy atom. The van der Waals surface area contributed by atoms with Gasteiger partial charge in [0, 0.05) is 31.6 Å². The van der Waals surface area contributed by atoms with Crippen molar-refractivity contribution < 1.29 is 19.1 Å². The molecule has 320 valence electrons. The number of hydrogen-bond donors (Lipinski definition) is 5. The molecule has 6 aromatic carbocycles. The fourth-order valence-electron chi connectivity index (χ4n) is 7.52. The molecule has 0 saturated carbocycles. The zero-order chi connectivity index (χ0) is 43.5. The van der Waals surface area contributed by atoms with E-state index in [4.69, 9.17) is 4.74 Å². The van der Waals surface area contributed by atoms with Gasteiger partial charge in [0.15, 0.2) is 0 Å². The number of ether oxygens (including phenoxy) is 1. The molecule has 0 aliphatic heterocycles. The summed E-state index contributed by atoms with van der Waals surface area (Å²) in [4.78, 5) is 41.1. The first-order valence-electron chi connectivity index (χ1n) is 20.8. The molecule has 0 saturated heterocycles. The van der Waals surface area contributed by atoms with E-state index in [1.807, 2.05) is 116 Å². The summed E-state index contributed by atoms with van der Waals surface area (Å²) in [6.45, 7) is 1.19. The van der Waals surface area contributed by atoms with Crippen LogP contribution in [-0.2, 0) is 23.8 Å². The van der Waals surface area contributed by atoms with Crippen molar-refractivity contribution in [2.45, 2.75) is 21.6 Å². The average Bonchev–Trinajstić information content (AvgIpc) is 3.34. The maximum Gasteiger partial charge on any atom is 0.406 e. The highest BCUT2D eigenvalue weighted by atomic mass is 32.2. The van der Waals surface area contributed by atoms with Crippen molar-refractivity contribution in [2.75, 3.05) is 51.8 Å². The van der Waals surface area contributed by atoms with E-state index in [-0.39, 0.29) is 30.7 Å². The van der Waals surface area contributed by atoms with Crippen molar-refractivity contribution in [3.8, 4) is 0 Å². The number of thioether (sulfide) groups is 2. The van der Waals surface area contributed by atoms with Gasteiger partial charge in [-0.05, 0) is 40.4 Å². The highest BCUT2D eigenvalue weighted by Crippen LogP contribution is 2.50. The molecule has 5 N–H and O–H groups in total. The second-order valence-corrected chi connectivity index (χ2v) is 17.0. The third-order valence-corrected chi connectivity index (χ3v) is 13.8. The molecule has 6 aromatic rings. The van der Waals surface area contributed by atoms with E-state index in [2.05, 4.69) is 99.4 Å². The predicted molar refractivity (Wildman–Crippen MR) is 254 cm³/mol. The lowest BCUT2D eigenvalue weighted by molar-refractivity contribution is -0.129. The molecule has 0 aromatic heterocycles. The molecule has 11 heteroatoms. The van der Waals surface area contributed by atoms with Gasteiger partial charge in [-0.2, -0.15) is 0 Å². The number of carbonyl (C=O) groups is 3. The monoisotopic (exact) mass is 865 g/mol. The van der Waals surface area contributed by atoms with Crippen LogP contribution in [0.3, 0.4) is 0 Å². The van der Waals surface area contributed by atoms with Crippen LogP contribution in [0.15, 0.2) is 182 Å². The van der Waals surface area contributed by atoms with Gasteiger partial charge in [0.25, 0.3) is 0 Å². The van der Waals surface area contributed by atoms with E-state index in [1.54, 1.807) is 23.5 Å². The third kappa shape index (κ3) is 11.3. The summed E-state index contributed by atoms with van der Waals surface area (Å²) in [7, 11) is 3.35. The second kappa shape index (κ2) is 23.4. The first-order chi connectivity index (χ1) is 30.4. The van der Waals surface area contributed by atoms with Gasteiger partial charge in [-0.1, -0.05) is 182 Å². The first-order valence-corrected chi connectivity index (χ1v) is 22.8. The topological polar surface area (TPSA) is 121 Å². The molecule has 0 bridgehead atoms. The lowest BCUT2D eigenvalue weighted by Gasteiger charge is -2.37. The Balaban J connectivity index is 1.36. The summed E-state index contributed by atoms with van der Waals surface area (Å²) < 4.78 is 3.78. The van der Waals surface area contributed by atoms with E-state index in [0.29, 0.717) is 18.8 Å². The van der Waals surface area contributed by atoms with Crippen molar-refractivity contribution in [2.24, 2.45) is 0 Å². The van der Waals surface area contributed by atoms with E-state index in [0.717, 1.165) is 33.4 Å². The average molecular weight is 866 g/mol. The SMILES string of the molecule is CNCCN[C@@H](CSC(c1ccccc1)(c1ccccc1)c1ccccc1)C(=O)N[C@@H](CSC(c1ccccc1)(c1ccccc1)c1ccccc1)C(=O)NCCOC(=O)NC. The number of carbonyl (C=O) groups excluding carboxylic acids is 3. The van der Waals surface area contributed by atoms with E-state index >= 15 is 0 Å². The first kappa shape index (κ1) is 45.7. The van der Waals surface area contributed by atoms with E-state index in [1.165, 1.54) is 7.05 Å². The van der Waals surface area contributed by atoms with Crippen LogP contribution in [0.1, 0.15) is 33.4 Å². The number of rotatable bonds is 22. The Bertz CT molecular complexity index is 2060. The molecule has 0 radical (unpaired) electrons. The molecule has 2 atom stereocenters. The Morgan fingerprint density at radius 3 is 1.18 bits per heavy atom. The maximum atomic E-state index is 14.9. The number of benzene rings is 6. The Morgan fingerprint density at radius 2 is 0.839 bits per heavy atom. The molecule has 0 spiro atoms. The van der Waals surface area contributed by atoms with Gasteiger partial charge in [0.1, 0.15) is 12.6 Å². The largest absolute Gasteiger partial charge is 0.448 e. The van der Waals surface area contributed by atoms with Crippen LogP contribution < -0.4 is 26.6 Å². The minimum Gasteiger partial charge on any atom is -0.448 e. The minimum atomic E-state index is -0.969. The Labute approximate surface area is 374 Å². The van der Waals surface area contributed by atoms with Crippen molar-refractivity contribution in [1.82, 2.24) is 26.6 Å². The summed E-state index contributed by atoms with van der Waals surface area (Å²) in [5, 5.41) is 15.3. The van der Waals surface area contributed by atoms with Crippen LogP contribution in [0.2, 0.25) is 0 Å². The lowest BCUT2D eigenvalue weighted by Crippen LogP contribution is -2.56. The highest BCUT2D eigenvalue weighted by molar-refractivity contribution is 8.01. The number of amides is 3. The summed E-state index contributed by atoms with van der Waals surface area (Å²) in [5.74, 6) is -0.102. The lowest BCUT2D eigenvalue weighted by atomic mass is 9.84. The molecule has 9 nitrogen and oxygen atoms in total. The zero-order valence-corrected chi connectivity index (χ0v) is 36.8. The molecule has 0 fully saturated rings. The number of nitrogens with one attached hydrogen (secondary N) is 5. The molecule has 3 amide bonds. The van der Waals surface area contributed by atoms with Crippen LogP contribution in [0.4, 0.5) is 4.79 Å². The maximum absolute atomic E-state index is 14.9. The summed E-state index contributed by atoms with van der Waals surface area (Å²) in [5.41, 5.74) is 6.37. The Hall–Kier alpha value is -5.85. The van der Waals surface area contributed by atoms with Crippen molar-refractivity contribution in [3.05, 3.63) is 215 Å². The Kier molecular flexibility index (Phi) is 17.2. The van der Waals surface area contributed by atoms with Crippen LogP contribution >= 0.6 is 23.5 Å². The number of likely N-dealkylation sites (N-methyl/N-ethyl adjacent to an activating group) is 1. The standard InChI is InChI=1S/C51H55N5O4S2/c1-52-33-34-54-45(37-61-50(39-21-9-3-10-22-39,40-23-11-4-12-24-40)41-25-13-5-14-26-41)48(58)56-46(47(57)55-35-36-60-49(59)53-2)38-62-51(42-27-15-6-16-28-42,43-29-17-7-18-30-43)44-31-19-8-20-32-44/h3-32,45-46,52,54H,33-38H2,1-2H3,(H,53,59)(H,55,57)(H,56,58)/t45-,46-/m0/s1. The van der Waals surface area contributed by atoms with Crippen LogP contribution in [0.5, 0.6) is 0 Å². The van der Waals surface area contributed by atoms with E-state index < -0.39 is 27.7 Å². The van der Waals surface area contributed by atoms with Crippen LogP contribution in [-0.4, -0.2) is 81.8 Å². The smallest absolute Gasteiger partial charge is 0.406 e. The zero-order valence-electron chi connectivity index (χ0n) is 35.2. The van der Waals surface area contributed by atoms with E-state index in [9.17, 15) is 14.4 Å². The molecular formula is C51H55N5O4S2. The molecule has 0 heterocycles. The van der Waals surface area contributed by atoms with Gasteiger partial charge in [-0.25, -0.2) is 4.79 Å². The molecule has 0 aliphatic carbocycles. The van der Waals surface area contributed by atoms with Crippen molar-refractivity contribution >= 4 is 41.4 Å².